The maximum atomic E-state index is 13.6. The van der Waals surface area contributed by atoms with E-state index in [0.717, 1.165) is 17.0 Å². The van der Waals surface area contributed by atoms with Gasteiger partial charge in [-0.25, -0.2) is 0 Å². The Hall–Kier alpha value is -2.58. The number of nitrogens with zero attached hydrogens (tertiary/aromatic N) is 2. The molecule has 2 aromatic rings. The van der Waals surface area contributed by atoms with Crippen molar-refractivity contribution in [2.45, 2.75) is 38.8 Å². The third-order valence-electron chi connectivity index (χ3n) is 6.91. The van der Waals surface area contributed by atoms with Crippen molar-refractivity contribution in [2.75, 3.05) is 22.4 Å². The Kier molecular flexibility index (Phi) is 5.17. The third kappa shape index (κ3) is 3.03. The van der Waals surface area contributed by atoms with E-state index >= 15 is 0 Å². The molecule has 3 aliphatic rings. The molecule has 4 unspecified atom stereocenters. The van der Waals surface area contributed by atoms with E-state index in [9.17, 15) is 14.7 Å². The van der Waals surface area contributed by atoms with Crippen molar-refractivity contribution in [1.82, 2.24) is 5.12 Å². The Morgan fingerprint density at radius 3 is 2.78 bits per heavy atom. The second-order valence-electron chi connectivity index (χ2n) is 8.84. The first-order chi connectivity index (χ1) is 15.4. The molecule has 32 heavy (non-hydrogen) atoms. The molecule has 0 amide bonds. The number of Topliss-reactive ketones (excluding diaryl/α,β-unsaturated/α-hetero) is 2. The number of rotatable bonds is 5. The molecule has 1 saturated carbocycles. The van der Waals surface area contributed by atoms with Gasteiger partial charge in [0.2, 0.25) is 0 Å². The number of carbonyl (C=O) groups is 2. The molecule has 4 atom stereocenters. The van der Waals surface area contributed by atoms with Crippen LogP contribution < -0.4 is 15.2 Å². The number of hydrazine groups is 2. The minimum atomic E-state index is -0.846. The summed E-state index contributed by atoms with van der Waals surface area (Å²) in [5.74, 6) is 0.198. The molecule has 2 aromatic carbocycles. The highest BCUT2D eigenvalue weighted by Gasteiger charge is 2.65. The minimum absolute atomic E-state index is 0.00571. The largest absolute Gasteiger partial charge is 0.508 e. The van der Waals surface area contributed by atoms with Crippen molar-refractivity contribution in [3.8, 4) is 11.5 Å². The van der Waals surface area contributed by atoms with Crippen molar-refractivity contribution >= 4 is 38.9 Å². The molecule has 8 heteroatoms. The van der Waals surface area contributed by atoms with Crippen molar-refractivity contribution in [2.24, 2.45) is 11.3 Å². The lowest BCUT2D eigenvalue weighted by molar-refractivity contribution is -0.131. The van der Waals surface area contributed by atoms with E-state index in [2.05, 4.69) is 21.4 Å². The molecular weight excluding hydrogens is 474 g/mol. The number of carbonyl (C=O) groups excluding carboxylic acids is 2. The number of ether oxygens (including phenoxy) is 1. The molecule has 5 rings (SSSR count). The number of aromatic hydroxyl groups is 1. The van der Waals surface area contributed by atoms with Crippen LogP contribution in [0, 0.1) is 11.3 Å². The Morgan fingerprint density at radius 1 is 1.25 bits per heavy atom. The number of alkyl halides is 1. The number of anilines is 2. The number of hydrogen-bond acceptors (Lipinski definition) is 7. The second-order valence-corrected chi connectivity index (χ2v) is 9.63. The zero-order valence-electron chi connectivity index (χ0n) is 18.0. The van der Waals surface area contributed by atoms with Crippen LogP contribution in [0.1, 0.15) is 38.3 Å². The number of phenolic OH excluding ortho intramolecular Hbond substituents is 1. The van der Waals surface area contributed by atoms with Crippen molar-refractivity contribution < 1.29 is 19.4 Å². The lowest BCUT2D eigenvalue weighted by Crippen LogP contribution is -2.63. The van der Waals surface area contributed by atoms with Crippen molar-refractivity contribution in [1.29, 1.82) is 0 Å². The topological polar surface area (TPSA) is 82.1 Å². The van der Waals surface area contributed by atoms with Gasteiger partial charge in [-0.2, -0.15) is 0 Å². The Bertz CT molecular complexity index is 1090. The summed E-state index contributed by atoms with van der Waals surface area (Å²) in [4.78, 5) is 27.2. The van der Waals surface area contributed by atoms with E-state index in [-0.39, 0.29) is 23.4 Å². The fraction of sp³-hybridized carbons (Fsp3) is 0.417. The van der Waals surface area contributed by atoms with E-state index in [1.165, 1.54) is 0 Å². The highest BCUT2D eigenvalue weighted by Crippen LogP contribution is 2.56. The molecular formula is C24H26BrN3O4. The van der Waals surface area contributed by atoms with E-state index in [1.807, 2.05) is 48.2 Å². The highest BCUT2D eigenvalue weighted by atomic mass is 79.9. The van der Waals surface area contributed by atoms with Gasteiger partial charge in [0.15, 0.2) is 11.6 Å². The van der Waals surface area contributed by atoms with Crippen LogP contribution in [-0.2, 0) is 9.59 Å². The number of nitrogens with one attached hydrogen (secondary N) is 1. The van der Waals surface area contributed by atoms with Gasteiger partial charge in [0, 0.05) is 17.0 Å². The SMILES string of the molecule is CCOc1ccc2c(c1)C1CC3(C)C(=O)C(CCBr)C(=O)C3N(c3cccc(O)c3)N1N2. The maximum absolute atomic E-state index is 13.6. The molecule has 0 aromatic heterocycles. The number of phenols is 1. The molecule has 0 bridgehead atoms. The average Bonchev–Trinajstić information content (AvgIpc) is 3.21. The summed E-state index contributed by atoms with van der Waals surface area (Å²) in [6.45, 7) is 4.43. The monoisotopic (exact) mass is 499 g/mol. The molecule has 2 N–H and O–H groups in total. The van der Waals surface area contributed by atoms with Crippen LogP contribution in [0.4, 0.5) is 11.4 Å². The van der Waals surface area contributed by atoms with E-state index < -0.39 is 17.4 Å². The zero-order chi connectivity index (χ0) is 22.6. The van der Waals surface area contributed by atoms with Crippen LogP contribution in [0.25, 0.3) is 0 Å². The number of fused-ring (bicyclic) bond motifs is 4. The van der Waals surface area contributed by atoms with E-state index in [0.29, 0.717) is 30.5 Å². The Labute approximate surface area is 195 Å². The quantitative estimate of drug-likeness (QED) is 0.470. The average molecular weight is 500 g/mol. The molecule has 168 valence electrons. The van der Waals surface area contributed by atoms with Crippen LogP contribution in [0.15, 0.2) is 42.5 Å². The Morgan fingerprint density at radius 2 is 2.06 bits per heavy atom. The summed E-state index contributed by atoms with van der Waals surface area (Å²) in [5, 5.41) is 14.6. The van der Waals surface area contributed by atoms with Crippen LogP contribution in [-0.4, -0.2) is 39.8 Å². The van der Waals surface area contributed by atoms with Crippen LogP contribution in [0.5, 0.6) is 11.5 Å². The van der Waals surface area contributed by atoms with Crippen LogP contribution >= 0.6 is 15.9 Å². The predicted molar refractivity (Wildman–Crippen MR) is 125 cm³/mol. The number of halogens is 1. The lowest BCUT2D eigenvalue weighted by atomic mass is 9.74. The first kappa shape index (κ1) is 21.3. The smallest absolute Gasteiger partial charge is 0.168 e. The van der Waals surface area contributed by atoms with Crippen molar-refractivity contribution in [3.05, 3.63) is 48.0 Å². The summed E-state index contributed by atoms with van der Waals surface area (Å²) in [5.41, 5.74) is 5.21. The van der Waals surface area contributed by atoms with Crippen LogP contribution in [0.2, 0.25) is 0 Å². The molecule has 2 heterocycles. The van der Waals surface area contributed by atoms with Gasteiger partial charge in [-0.3, -0.25) is 14.6 Å². The summed E-state index contributed by atoms with van der Waals surface area (Å²) < 4.78 is 5.72. The maximum Gasteiger partial charge on any atom is 0.168 e. The molecule has 0 radical (unpaired) electrons. The summed E-state index contributed by atoms with van der Waals surface area (Å²) >= 11 is 3.41. The third-order valence-corrected chi connectivity index (χ3v) is 7.36. The first-order valence-corrected chi connectivity index (χ1v) is 12.1. The summed E-state index contributed by atoms with van der Waals surface area (Å²) in [7, 11) is 0. The lowest BCUT2D eigenvalue weighted by Gasteiger charge is -2.51. The van der Waals surface area contributed by atoms with Gasteiger partial charge in [-0.05, 0) is 50.1 Å². The molecule has 2 fully saturated rings. The molecule has 1 saturated heterocycles. The van der Waals surface area contributed by atoms with Gasteiger partial charge in [-0.15, -0.1) is 5.12 Å². The Balaban J connectivity index is 1.65. The predicted octanol–water partition coefficient (Wildman–Crippen LogP) is 4.23. The van der Waals surface area contributed by atoms with Gasteiger partial charge in [-0.1, -0.05) is 28.9 Å². The van der Waals surface area contributed by atoms with E-state index in [1.54, 1.807) is 18.2 Å². The zero-order valence-corrected chi connectivity index (χ0v) is 19.6. The molecule has 0 spiro atoms. The normalized spacial score (nSPS) is 28.8. The van der Waals surface area contributed by atoms with Gasteiger partial charge in [0.05, 0.1) is 35.4 Å². The standard InChI is InChI=1S/C24H26BrN3O4/c1-3-32-16-7-8-19-18(12-16)20-13-24(2)22(21(30)17(9-10-25)23(24)31)27(28(20)26-19)14-5-4-6-15(29)11-14/h4-8,11-12,17,20,22,26,29H,3,9-10,13H2,1-2H3. The first-order valence-electron chi connectivity index (χ1n) is 10.9. The molecule has 1 aliphatic carbocycles. The second kappa shape index (κ2) is 7.78. The summed E-state index contributed by atoms with van der Waals surface area (Å²) in [6, 6.07) is 11.9. The van der Waals surface area contributed by atoms with Crippen molar-refractivity contribution in [3.63, 3.8) is 0 Å². The highest BCUT2D eigenvalue weighted by molar-refractivity contribution is 9.09. The fourth-order valence-electron chi connectivity index (χ4n) is 5.49. The van der Waals surface area contributed by atoms with Crippen LogP contribution in [0.3, 0.4) is 0 Å². The van der Waals surface area contributed by atoms with Gasteiger partial charge in [0.25, 0.3) is 0 Å². The minimum Gasteiger partial charge on any atom is -0.508 e. The summed E-state index contributed by atoms with van der Waals surface area (Å²) in [6.07, 6.45) is 1.01. The van der Waals surface area contributed by atoms with Gasteiger partial charge < -0.3 is 15.3 Å². The molecule has 2 aliphatic heterocycles. The number of ketones is 2. The van der Waals surface area contributed by atoms with Gasteiger partial charge >= 0.3 is 0 Å². The number of benzene rings is 2. The van der Waals surface area contributed by atoms with E-state index in [4.69, 9.17) is 4.74 Å². The van der Waals surface area contributed by atoms with Gasteiger partial charge in [0.1, 0.15) is 17.5 Å². The fourth-order valence-corrected chi connectivity index (χ4v) is 5.95. The number of hydrogen-bond donors (Lipinski definition) is 2. The molecule has 7 nitrogen and oxygen atoms in total.